The van der Waals surface area contributed by atoms with Crippen LogP contribution in [0, 0.1) is 11.6 Å². The molecule has 0 aliphatic rings. The van der Waals surface area contributed by atoms with E-state index in [-0.39, 0.29) is 11.4 Å². The van der Waals surface area contributed by atoms with Gasteiger partial charge < -0.3 is 14.5 Å². The maximum Gasteiger partial charge on any atom is 0.317 e. The molecule has 1 N–H and O–H groups in total. The number of hydrogen-bond donors (Lipinski definition) is 1. The Balaban J connectivity index is 1.51. The maximum absolute atomic E-state index is 13.5. The zero-order valence-electron chi connectivity index (χ0n) is 14.1. The Bertz CT molecular complexity index is 959. The van der Waals surface area contributed by atoms with Gasteiger partial charge >= 0.3 is 5.97 Å². The molecule has 0 unspecified atom stereocenters. The minimum absolute atomic E-state index is 0.116. The van der Waals surface area contributed by atoms with E-state index in [0.717, 1.165) is 23.9 Å². The van der Waals surface area contributed by atoms with Gasteiger partial charge in [-0.05, 0) is 31.2 Å². The normalized spacial score (nSPS) is 12.0. The summed E-state index contributed by atoms with van der Waals surface area (Å²) in [4.78, 5) is 28.1. The number of oxazole rings is 1. The largest absolute Gasteiger partial charge is 0.452 e. The van der Waals surface area contributed by atoms with Crippen LogP contribution in [-0.4, -0.2) is 28.7 Å². The second kappa shape index (κ2) is 8.17. The summed E-state index contributed by atoms with van der Waals surface area (Å²) in [5, 5.41) is 2.54. The quantitative estimate of drug-likeness (QED) is 0.508. The monoisotopic (exact) mass is 392 g/mol. The summed E-state index contributed by atoms with van der Waals surface area (Å²) in [6, 6.07) is 9.89. The fourth-order valence-corrected chi connectivity index (χ4v) is 2.76. The topological polar surface area (TPSA) is 81.4 Å². The third kappa shape index (κ3) is 4.82. The van der Waals surface area contributed by atoms with Crippen LogP contribution >= 0.6 is 11.8 Å². The molecule has 0 saturated heterocycles. The fraction of sp³-hybridized carbons (Fsp3) is 0.167. The zero-order chi connectivity index (χ0) is 19.4. The van der Waals surface area contributed by atoms with Crippen molar-refractivity contribution >= 4 is 40.4 Å². The molecule has 0 bridgehead atoms. The molecule has 6 nitrogen and oxygen atoms in total. The minimum Gasteiger partial charge on any atom is -0.452 e. The minimum atomic E-state index is -1.16. The van der Waals surface area contributed by atoms with E-state index in [0.29, 0.717) is 22.4 Å². The lowest BCUT2D eigenvalue weighted by atomic mass is 10.2. The van der Waals surface area contributed by atoms with Crippen molar-refractivity contribution in [1.82, 2.24) is 4.98 Å². The lowest BCUT2D eigenvalue weighted by Gasteiger charge is -2.13. The number of rotatable bonds is 6. The first-order chi connectivity index (χ1) is 12.9. The molecule has 2 aromatic carbocycles. The summed E-state index contributed by atoms with van der Waals surface area (Å²) < 4.78 is 36.9. The van der Waals surface area contributed by atoms with Crippen molar-refractivity contribution in [1.29, 1.82) is 0 Å². The van der Waals surface area contributed by atoms with E-state index in [4.69, 9.17) is 9.15 Å². The lowest BCUT2D eigenvalue weighted by Crippen LogP contribution is -2.30. The highest BCUT2D eigenvalue weighted by atomic mass is 32.2. The van der Waals surface area contributed by atoms with Crippen LogP contribution in [0.5, 0.6) is 0 Å². The van der Waals surface area contributed by atoms with Crippen LogP contribution in [-0.2, 0) is 14.3 Å². The summed E-state index contributed by atoms with van der Waals surface area (Å²) in [7, 11) is 0. The summed E-state index contributed by atoms with van der Waals surface area (Å²) in [6.45, 7) is 1.35. The molecule has 0 fully saturated rings. The van der Waals surface area contributed by atoms with Crippen molar-refractivity contribution in [2.75, 3.05) is 11.1 Å². The van der Waals surface area contributed by atoms with Crippen molar-refractivity contribution in [3.63, 3.8) is 0 Å². The van der Waals surface area contributed by atoms with Gasteiger partial charge in [0.25, 0.3) is 11.1 Å². The third-order valence-corrected chi connectivity index (χ3v) is 4.26. The third-order valence-electron chi connectivity index (χ3n) is 3.45. The van der Waals surface area contributed by atoms with E-state index < -0.39 is 29.6 Å². The van der Waals surface area contributed by atoms with Gasteiger partial charge in [-0.15, -0.1) is 0 Å². The molecule has 0 spiro atoms. The van der Waals surface area contributed by atoms with E-state index >= 15 is 0 Å². The first kappa shape index (κ1) is 18.8. The molecule has 1 heterocycles. The lowest BCUT2D eigenvalue weighted by molar-refractivity contribution is -0.150. The van der Waals surface area contributed by atoms with Crippen LogP contribution in [0.4, 0.5) is 14.5 Å². The highest BCUT2D eigenvalue weighted by molar-refractivity contribution is 7.99. The summed E-state index contributed by atoms with van der Waals surface area (Å²) in [5.41, 5.74) is 1.06. The predicted octanol–water partition coefficient (Wildman–Crippen LogP) is 3.77. The molecule has 27 heavy (non-hydrogen) atoms. The number of carbonyl (C=O) groups excluding carboxylic acids is 2. The van der Waals surface area contributed by atoms with E-state index in [9.17, 15) is 18.4 Å². The maximum atomic E-state index is 13.5. The Morgan fingerprint density at radius 3 is 2.78 bits per heavy atom. The number of benzene rings is 2. The molecule has 3 rings (SSSR count). The number of amides is 1. The zero-order valence-corrected chi connectivity index (χ0v) is 14.9. The molecule has 0 aliphatic heterocycles. The summed E-state index contributed by atoms with van der Waals surface area (Å²) in [5.74, 6) is -3.20. The van der Waals surface area contributed by atoms with Crippen molar-refractivity contribution in [2.45, 2.75) is 18.3 Å². The molecule has 1 atom stereocenters. The number of aromatic nitrogens is 1. The molecule has 140 valence electrons. The number of hydrogen-bond acceptors (Lipinski definition) is 6. The fourth-order valence-electron chi connectivity index (χ4n) is 2.14. The molecule has 0 radical (unpaired) electrons. The SMILES string of the molecule is C[C@H](OC(=O)CSc1nc2ccccc2o1)C(=O)Nc1ccc(F)cc1F. The number of ether oxygens (including phenoxy) is 1. The second-order valence-electron chi connectivity index (χ2n) is 5.48. The van der Waals surface area contributed by atoms with Crippen LogP contribution in [0.2, 0.25) is 0 Å². The standard InChI is InChI=1S/C18H14F2N2O4S/c1-10(17(24)21-13-7-6-11(19)8-12(13)20)25-16(23)9-27-18-22-14-4-2-3-5-15(14)26-18/h2-8,10H,9H2,1H3,(H,21,24)/t10-/m0/s1. The Morgan fingerprint density at radius 2 is 2.04 bits per heavy atom. The van der Waals surface area contributed by atoms with E-state index in [1.165, 1.54) is 6.92 Å². The highest BCUT2D eigenvalue weighted by Crippen LogP contribution is 2.23. The number of thioether (sulfide) groups is 1. The van der Waals surface area contributed by atoms with E-state index in [1.54, 1.807) is 18.2 Å². The summed E-state index contributed by atoms with van der Waals surface area (Å²) in [6.07, 6.45) is -1.16. The first-order valence-electron chi connectivity index (χ1n) is 7.86. The Kier molecular flexibility index (Phi) is 5.70. The average molecular weight is 392 g/mol. The number of nitrogens with zero attached hydrogens (tertiary/aromatic N) is 1. The molecule has 9 heteroatoms. The molecular formula is C18H14F2N2O4S. The Labute approximate surface area is 156 Å². The van der Waals surface area contributed by atoms with Gasteiger partial charge in [-0.1, -0.05) is 23.9 Å². The Hall–Kier alpha value is -2.94. The summed E-state index contributed by atoms with van der Waals surface area (Å²) >= 11 is 1.03. The predicted molar refractivity (Wildman–Crippen MR) is 95.3 cm³/mol. The van der Waals surface area contributed by atoms with Gasteiger partial charge in [-0.2, -0.15) is 0 Å². The van der Waals surface area contributed by atoms with Gasteiger partial charge in [-0.3, -0.25) is 9.59 Å². The number of anilines is 1. The number of nitrogens with one attached hydrogen (secondary N) is 1. The van der Waals surface area contributed by atoms with Crippen molar-refractivity contribution in [3.05, 3.63) is 54.1 Å². The highest BCUT2D eigenvalue weighted by Gasteiger charge is 2.20. The van der Waals surface area contributed by atoms with Crippen LogP contribution in [0.3, 0.4) is 0 Å². The van der Waals surface area contributed by atoms with E-state index in [2.05, 4.69) is 10.3 Å². The molecule has 1 amide bonds. The molecular weight excluding hydrogens is 378 g/mol. The molecule has 0 saturated carbocycles. The number of para-hydroxylation sites is 2. The second-order valence-corrected chi connectivity index (χ2v) is 6.41. The Morgan fingerprint density at radius 1 is 1.26 bits per heavy atom. The number of fused-ring (bicyclic) bond motifs is 1. The number of halogens is 2. The van der Waals surface area contributed by atoms with Crippen molar-refractivity contribution in [2.24, 2.45) is 0 Å². The van der Waals surface area contributed by atoms with Gasteiger partial charge in [0.15, 0.2) is 11.7 Å². The molecule has 1 aromatic heterocycles. The van der Waals surface area contributed by atoms with Gasteiger partial charge in [-0.25, -0.2) is 13.8 Å². The van der Waals surface area contributed by atoms with Gasteiger partial charge in [0, 0.05) is 6.07 Å². The first-order valence-corrected chi connectivity index (χ1v) is 8.84. The van der Waals surface area contributed by atoms with Gasteiger partial charge in [0.05, 0.1) is 5.69 Å². The van der Waals surface area contributed by atoms with Crippen LogP contribution in [0.25, 0.3) is 11.1 Å². The van der Waals surface area contributed by atoms with Crippen molar-refractivity contribution in [3.8, 4) is 0 Å². The smallest absolute Gasteiger partial charge is 0.317 e. The van der Waals surface area contributed by atoms with E-state index in [1.807, 2.05) is 6.07 Å². The average Bonchev–Trinajstić information content (AvgIpc) is 3.05. The molecule has 0 aliphatic carbocycles. The van der Waals surface area contributed by atoms with Gasteiger partial charge in [0.1, 0.15) is 22.9 Å². The van der Waals surface area contributed by atoms with Crippen LogP contribution in [0.1, 0.15) is 6.92 Å². The number of esters is 1. The van der Waals surface area contributed by atoms with Crippen LogP contribution < -0.4 is 5.32 Å². The number of carbonyl (C=O) groups is 2. The molecule has 3 aromatic rings. The van der Waals surface area contributed by atoms with Crippen molar-refractivity contribution < 1.29 is 27.5 Å². The van der Waals surface area contributed by atoms with Gasteiger partial charge in [0.2, 0.25) is 0 Å². The van der Waals surface area contributed by atoms with Crippen LogP contribution in [0.15, 0.2) is 52.1 Å².